The fraction of sp³-hybridized carbons (Fsp3) is 0.0385. The highest BCUT2D eigenvalue weighted by Gasteiger charge is 2.34. The van der Waals surface area contributed by atoms with E-state index in [4.69, 9.17) is 0 Å². The van der Waals surface area contributed by atoms with Crippen molar-refractivity contribution in [2.24, 2.45) is 0 Å². The predicted octanol–water partition coefficient (Wildman–Crippen LogP) is 4.44. The number of carbonyl (C=O) groups is 4. The Morgan fingerprint density at radius 1 is 0.800 bits per heavy atom. The third kappa shape index (κ3) is 4.57. The molecule has 0 aliphatic carbocycles. The summed E-state index contributed by atoms with van der Waals surface area (Å²) in [6, 6.07) is 20.0. The van der Waals surface area contributed by atoms with Gasteiger partial charge >= 0.3 is 0 Å². The van der Waals surface area contributed by atoms with Gasteiger partial charge in [-0.15, -0.1) is 11.3 Å². The topological polar surface area (TPSA) is 108 Å². The van der Waals surface area contributed by atoms with Crippen LogP contribution >= 0.6 is 11.3 Å². The molecular formula is C26H18N4O4S. The van der Waals surface area contributed by atoms with Crippen molar-refractivity contribution >= 4 is 45.8 Å². The average Bonchev–Trinajstić information content (AvgIpc) is 3.47. The SMILES string of the molecule is O=C(Nc1cccc(C(=O)Nc2nccs2)c1)c1ccc(CN2C(=O)c3ccccc3C2=O)cc1. The Morgan fingerprint density at radius 2 is 1.49 bits per heavy atom. The summed E-state index contributed by atoms with van der Waals surface area (Å²) in [7, 11) is 0. The zero-order valence-electron chi connectivity index (χ0n) is 18.2. The first-order valence-electron chi connectivity index (χ1n) is 10.7. The zero-order valence-corrected chi connectivity index (χ0v) is 19.0. The molecule has 4 aromatic rings. The summed E-state index contributed by atoms with van der Waals surface area (Å²) in [4.78, 5) is 55.5. The molecule has 35 heavy (non-hydrogen) atoms. The van der Waals surface area contributed by atoms with Crippen LogP contribution in [0.15, 0.2) is 84.4 Å². The molecule has 3 aromatic carbocycles. The molecule has 172 valence electrons. The second kappa shape index (κ2) is 9.32. The molecule has 1 aliphatic rings. The second-order valence-corrected chi connectivity index (χ2v) is 8.66. The average molecular weight is 483 g/mol. The number of fused-ring (bicyclic) bond motifs is 1. The monoisotopic (exact) mass is 482 g/mol. The zero-order chi connectivity index (χ0) is 24.4. The standard InChI is InChI=1S/C26H18N4O4S/c31-22(28-19-5-3-4-18(14-19)23(32)29-26-27-12-13-35-26)17-10-8-16(9-11-17)15-30-24(33)20-6-1-2-7-21(20)25(30)34/h1-14H,15H2,(H,28,31)(H,27,29,32). The molecule has 0 radical (unpaired) electrons. The molecular weight excluding hydrogens is 464 g/mol. The Balaban J connectivity index is 1.23. The van der Waals surface area contributed by atoms with Crippen LogP contribution in [0.5, 0.6) is 0 Å². The summed E-state index contributed by atoms with van der Waals surface area (Å²) in [5.41, 5.74) is 2.77. The number of nitrogens with zero attached hydrogens (tertiary/aromatic N) is 2. The van der Waals surface area contributed by atoms with Crippen molar-refractivity contribution in [3.8, 4) is 0 Å². The number of carbonyl (C=O) groups excluding carboxylic acids is 4. The van der Waals surface area contributed by atoms with Crippen LogP contribution in [-0.2, 0) is 6.54 Å². The van der Waals surface area contributed by atoms with Crippen LogP contribution in [0.4, 0.5) is 10.8 Å². The molecule has 0 atom stereocenters. The Hall–Kier alpha value is -4.63. The fourth-order valence-electron chi connectivity index (χ4n) is 3.72. The molecule has 2 N–H and O–H groups in total. The van der Waals surface area contributed by atoms with Crippen LogP contribution in [0, 0.1) is 0 Å². The highest BCUT2D eigenvalue weighted by molar-refractivity contribution is 7.13. The summed E-state index contributed by atoms with van der Waals surface area (Å²) < 4.78 is 0. The number of thiazole rings is 1. The summed E-state index contributed by atoms with van der Waals surface area (Å²) in [6.07, 6.45) is 1.60. The minimum atomic E-state index is -0.352. The third-order valence-corrected chi connectivity index (χ3v) is 6.16. The summed E-state index contributed by atoms with van der Waals surface area (Å²) in [5, 5.41) is 7.74. The largest absolute Gasteiger partial charge is 0.322 e. The minimum Gasteiger partial charge on any atom is -0.322 e. The lowest BCUT2D eigenvalue weighted by molar-refractivity contribution is 0.0641. The van der Waals surface area contributed by atoms with Gasteiger partial charge < -0.3 is 5.32 Å². The molecule has 0 spiro atoms. The number of aromatic nitrogens is 1. The number of rotatable bonds is 6. The Morgan fingerprint density at radius 3 is 2.14 bits per heavy atom. The predicted molar refractivity (Wildman–Crippen MR) is 132 cm³/mol. The van der Waals surface area contributed by atoms with Gasteiger partial charge in [-0.2, -0.15) is 0 Å². The fourth-order valence-corrected chi connectivity index (χ4v) is 4.25. The number of imide groups is 1. The molecule has 0 saturated carbocycles. The van der Waals surface area contributed by atoms with E-state index in [0.717, 1.165) is 5.56 Å². The quantitative estimate of drug-likeness (QED) is 0.395. The molecule has 2 heterocycles. The van der Waals surface area contributed by atoms with Crippen molar-refractivity contribution in [1.82, 2.24) is 9.88 Å². The van der Waals surface area contributed by atoms with Crippen molar-refractivity contribution in [3.63, 3.8) is 0 Å². The molecule has 4 amide bonds. The second-order valence-electron chi connectivity index (χ2n) is 7.77. The molecule has 1 aromatic heterocycles. The first-order valence-corrected chi connectivity index (χ1v) is 11.5. The Kier molecular flexibility index (Phi) is 5.90. The molecule has 0 saturated heterocycles. The molecule has 9 heteroatoms. The first-order chi connectivity index (χ1) is 17.0. The van der Waals surface area contributed by atoms with E-state index in [2.05, 4.69) is 15.6 Å². The van der Waals surface area contributed by atoms with E-state index >= 15 is 0 Å². The van der Waals surface area contributed by atoms with Gasteiger partial charge in [0.05, 0.1) is 17.7 Å². The lowest BCUT2D eigenvalue weighted by Crippen LogP contribution is -2.29. The lowest BCUT2D eigenvalue weighted by atomic mass is 10.1. The van der Waals surface area contributed by atoms with E-state index in [1.54, 1.807) is 84.4 Å². The van der Waals surface area contributed by atoms with Gasteiger partial charge in [-0.25, -0.2) is 4.98 Å². The van der Waals surface area contributed by atoms with Gasteiger partial charge in [0.15, 0.2) is 5.13 Å². The number of benzene rings is 3. The van der Waals surface area contributed by atoms with Crippen LogP contribution in [0.1, 0.15) is 47.0 Å². The number of nitrogens with one attached hydrogen (secondary N) is 2. The summed E-state index contributed by atoms with van der Waals surface area (Å²) in [6.45, 7) is 0.116. The van der Waals surface area contributed by atoms with E-state index in [9.17, 15) is 19.2 Å². The molecule has 8 nitrogen and oxygen atoms in total. The molecule has 1 aliphatic heterocycles. The van der Waals surface area contributed by atoms with Crippen molar-refractivity contribution in [3.05, 3.63) is 112 Å². The van der Waals surface area contributed by atoms with Gasteiger partial charge in [0.25, 0.3) is 23.6 Å². The number of amides is 4. The Labute approximate surface area is 204 Å². The molecule has 5 rings (SSSR count). The Bertz CT molecular complexity index is 1410. The number of hydrogen-bond donors (Lipinski definition) is 2. The van der Waals surface area contributed by atoms with Gasteiger partial charge in [-0.3, -0.25) is 29.4 Å². The highest BCUT2D eigenvalue weighted by atomic mass is 32.1. The van der Waals surface area contributed by atoms with E-state index in [0.29, 0.717) is 33.1 Å². The van der Waals surface area contributed by atoms with Gasteiger partial charge in [0.1, 0.15) is 0 Å². The van der Waals surface area contributed by atoms with Crippen LogP contribution in [0.2, 0.25) is 0 Å². The van der Waals surface area contributed by atoms with E-state index < -0.39 is 0 Å². The van der Waals surface area contributed by atoms with Gasteiger partial charge in [0.2, 0.25) is 0 Å². The van der Waals surface area contributed by atoms with Crippen LogP contribution in [0.25, 0.3) is 0 Å². The van der Waals surface area contributed by atoms with E-state index in [1.165, 1.54) is 16.2 Å². The van der Waals surface area contributed by atoms with Gasteiger partial charge in [-0.1, -0.05) is 30.3 Å². The van der Waals surface area contributed by atoms with Crippen LogP contribution in [-0.4, -0.2) is 33.5 Å². The maximum atomic E-state index is 12.7. The number of anilines is 2. The van der Waals surface area contributed by atoms with Crippen LogP contribution < -0.4 is 10.6 Å². The normalized spacial score (nSPS) is 12.4. The van der Waals surface area contributed by atoms with Gasteiger partial charge in [-0.05, 0) is 48.0 Å². The smallest absolute Gasteiger partial charge is 0.261 e. The highest BCUT2D eigenvalue weighted by Crippen LogP contribution is 2.24. The maximum Gasteiger partial charge on any atom is 0.261 e. The van der Waals surface area contributed by atoms with E-state index in [-0.39, 0.29) is 30.2 Å². The van der Waals surface area contributed by atoms with Crippen molar-refractivity contribution in [2.75, 3.05) is 10.6 Å². The summed E-state index contributed by atoms with van der Waals surface area (Å²) >= 11 is 1.31. The van der Waals surface area contributed by atoms with E-state index in [1.807, 2.05) is 0 Å². The van der Waals surface area contributed by atoms with Crippen molar-refractivity contribution in [1.29, 1.82) is 0 Å². The third-order valence-electron chi connectivity index (χ3n) is 5.47. The first kappa shape index (κ1) is 22.2. The van der Waals surface area contributed by atoms with Gasteiger partial charge in [0, 0.05) is 28.4 Å². The molecule has 0 unspecified atom stereocenters. The van der Waals surface area contributed by atoms with Crippen LogP contribution in [0.3, 0.4) is 0 Å². The molecule has 0 bridgehead atoms. The van der Waals surface area contributed by atoms with Crippen molar-refractivity contribution < 1.29 is 19.2 Å². The molecule has 0 fully saturated rings. The lowest BCUT2D eigenvalue weighted by Gasteiger charge is -2.14. The van der Waals surface area contributed by atoms with Crippen molar-refractivity contribution in [2.45, 2.75) is 6.54 Å². The number of hydrogen-bond acceptors (Lipinski definition) is 6. The summed E-state index contributed by atoms with van der Waals surface area (Å²) in [5.74, 6) is -1.33. The minimum absolute atomic E-state index is 0.116. The maximum absolute atomic E-state index is 12.7.